The molecule has 0 aromatic carbocycles. The lowest BCUT2D eigenvalue weighted by Crippen LogP contribution is -2.34. The molecule has 2 rings (SSSR count). The van der Waals surface area contributed by atoms with E-state index in [4.69, 9.17) is 18.0 Å². The SMILES string of the molecule is CN(CC(N)=S)C(=O)c1cnn2ccccc12. The van der Waals surface area contributed by atoms with Crippen molar-refractivity contribution in [3.8, 4) is 0 Å². The van der Waals surface area contributed by atoms with Crippen molar-refractivity contribution in [2.45, 2.75) is 0 Å². The Morgan fingerprint density at radius 2 is 2.35 bits per heavy atom. The first kappa shape index (κ1) is 11.5. The van der Waals surface area contributed by atoms with Crippen LogP contribution in [0.3, 0.4) is 0 Å². The lowest BCUT2D eigenvalue weighted by Gasteiger charge is -2.15. The topological polar surface area (TPSA) is 63.6 Å². The molecule has 0 radical (unpaired) electrons. The van der Waals surface area contributed by atoms with Gasteiger partial charge >= 0.3 is 0 Å². The van der Waals surface area contributed by atoms with Gasteiger partial charge in [0.2, 0.25) is 0 Å². The molecule has 2 N–H and O–H groups in total. The first-order valence-corrected chi connectivity index (χ1v) is 5.46. The van der Waals surface area contributed by atoms with E-state index in [1.807, 2.05) is 18.2 Å². The number of thiocarbonyl (C=S) groups is 1. The van der Waals surface area contributed by atoms with Crippen LogP contribution in [-0.4, -0.2) is 39.0 Å². The van der Waals surface area contributed by atoms with Crippen LogP contribution in [0.2, 0.25) is 0 Å². The molecule has 2 aromatic rings. The number of pyridine rings is 1. The van der Waals surface area contributed by atoms with Gasteiger partial charge in [-0.3, -0.25) is 4.79 Å². The molecule has 17 heavy (non-hydrogen) atoms. The zero-order chi connectivity index (χ0) is 12.4. The fourth-order valence-corrected chi connectivity index (χ4v) is 1.80. The maximum absolute atomic E-state index is 12.1. The van der Waals surface area contributed by atoms with Crippen molar-refractivity contribution in [3.63, 3.8) is 0 Å². The van der Waals surface area contributed by atoms with Gasteiger partial charge in [-0.15, -0.1) is 0 Å². The molecule has 0 atom stereocenters. The van der Waals surface area contributed by atoms with E-state index < -0.39 is 0 Å². The number of nitrogens with zero attached hydrogens (tertiary/aromatic N) is 3. The first-order chi connectivity index (χ1) is 8.09. The van der Waals surface area contributed by atoms with Crippen molar-refractivity contribution in [1.82, 2.24) is 14.5 Å². The third-order valence-electron chi connectivity index (χ3n) is 2.40. The van der Waals surface area contributed by atoms with Crippen LogP contribution in [0.25, 0.3) is 5.52 Å². The molecule has 0 aliphatic rings. The van der Waals surface area contributed by atoms with Gasteiger partial charge in [-0.2, -0.15) is 5.10 Å². The van der Waals surface area contributed by atoms with Crippen LogP contribution < -0.4 is 5.73 Å². The van der Waals surface area contributed by atoms with Crippen molar-refractivity contribution in [1.29, 1.82) is 0 Å². The lowest BCUT2D eigenvalue weighted by atomic mass is 10.2. The molecule has 0 fully saturated rings. The van der Waals surface area contributed by atoms with Crippen molar-refractivity contribution < 1.29 is 4.79 Å². The molecule has 0 saturated heterocycles. The largest absolute Gasteiger partial charge is 0.392 e. The Morgan fingerprint density at radius 3 is 3.06 bits per heavy atom. The summed E-state index contributed by atoms with van der Waals surface area (Å²) in [6.07, 6.45) is 3.34. The quantitative estimate of drug-likeness (QED) is 0.812. The lowest BCUT2D eigenvalue weighted by molar-refractivity contribution is 0.0817. The summed E-state index contributed by atoms with van der Waals surface area (Å²) in [5.41, 5.74) is 6.73. The molecule has 0 spiro atoms. The number of nitrogens with two attached hydrogens (primary N) is 1. The highest BCUT2D eigenvalue weighted by molar-refractivity contribution is 7.80. The number of fused-ring (bicyclic) bond motifs is 1. The van der Waals surface area contributed by atoms with E-state index in [1.165, 1.54) is 4.90 Å². The van der Waals surface area contributed by atoms with Gasteiger partial charge in [0, 0.05) is 13.2 Å². The van der Waals surface area contributed by atoms with Crippen LogP contribution >= 0.6 is 12.2 Å². The summed E-state index contributed by atoms with van der Waals surface area (Å²) in [5.74, 6) is -0.140. The first-order valence-electron chi connectivity index (χ1n) is 5.05. The summed E-state index contributed by atoms with van der Waals surface area (Å²) >= 11 is 4.78. The highest BCUT2D eigenvalue weighted by Crippen LogP contribution is 2.11. The molecule has 0 aliphatic heterocycles. The molecular formula is C11H12N4OS. The molecule has 1 amide bonds. The monoisotopic (exact) mass is 248 g/mol. The van der Waals surface area contributed by atoms with Crippen LogP contribution in [0.5, 0.6) is 0 Å². The Balaban J connectivity index is 2.33. The normalized spacial score (nSPS) is 10.4. The number of hydrogen-bond acceptors (Lipinski definition) is 3. The minimum Gasteiger partial charge on any atom is -0.392 e. The van der Waals surface area contributed by atoms with E-state index in [2.05, 4.69) is 5.10 Å². The van der Waals surface area contributed by atoms with Crippen molar-refractivity contribution >= 4 is 28.6 Å². The van der Waals surface area contributed by atoms with Gasteiger partial charge in [-0.25, -0.2) is 4.52 Å². The molecule has 0 unspecified atom stereocenters. The van der Waals surface area contributed by atoms with Crippen LogP contribution in [0, 0.1) is 0 Å². The second-order valence-electron chi connectivity index (χ2n) is 3.72. The number of carbonyl (C=O) groups is 1. The van der Waals surface area contributed by atoms with E-state index in [9.17, 15) is 4.79 Å². The van der Waals surface area contributed by atoms with Crippen molar-refractivity contribution in [2.24, 2.45) is 5.73 Å². The maximum atomic E-state index is 12.1. The van der Waals surface area contributed by atoms with E-state index in [1.54, 1.807) is 24.0 Å². The summed E-state index contributed by atoms with van der Waals surface area (Å²) in [7, 11) is 1.66. The Labute approximate surface area is 104 Å². The van der Waals surface area contributed by atoms with E-state index in [0.717, 1.165) is 5.52 Å². The second-order valence-corrected chi connectivity index (χ2v) is 4.24. The zero-order valence-electron chi connectivity index (χ0n) is 9.33. The third kappa shape index (κ3) is 2.26. The van der Waals surface area contributed by atoms with E-state index in [-0.39, 0.29) is 17.4 Å². The molecule has 88 valence electrons. The standard InChI is InChI=1S/C11H12N4OS/c1-14(7-10(12)17)11(16)8-6-13-15-5-3-2-4-9(8)15/h2-6H,7H2,1H3,(H2,12,17). The molecule has 0 aliphatic carbocycles. The van der Waals surface area contributed by atoms with Gasteiger partial charge in [-0.1, -0.05) is 18.3 Å². The van der Waals surface area contributed by atoms with Crippen molar-refractivity contribution in [2.75, 3.05) is 13.6 Å². The highest BCUT2D eigenvalue weighted by Gasteiger charge is 2.16. The van der Waals surface area contributed by atoms with Crippen LogP contribution in [-0.2, 0) is 0 Å². The minimum atomic E-state index is -0.140. The van der Waals surface area contributed by atoms with E-state index >= 15 is 0 Å². The van der Waals surface area contributed by atoms with Crippen molar-refractivity contribution in [3.05, 3.63) is 36.2 Å². The maximum Gasteiger partial charge on any atom is 0.257 e. The minimum absolute atomic E-state index is 0.140. The molecule has 2 heterocycles. The fraction of sp³-hybridized carbons (Fsp3) is 0.182. The molecular weight excluding hydrogens is 236 g/mol. The summed E-state index contributed by atoms with van der Waals surface area (Å²) in [6, 6.07) is 5.56. The second kappa shape index (κ2) is 4.50. The Bertz CT molecular complexity index is 578. The van der Waals surface area contributed by atoms with Gasteiger partial charge < -0.3 is 10.6 Å². The Kier molecular flexibility index (Phi) is 3.06. The molecule has 6 heteroatoms. The van der Waals surface area contributed by atoms with Gasteiger partial charge in [0.1, 0.15) is 0 Å². The average Bonchev–Trinajstić information content (AvgIpc) is 2.70. The van der Waals surface area contributed by atoms with Gasteiger partial charge in [-0.05, 0) is 12.1 Å². The van der Waals surface area contributed by atoms with Gasteiger partial charge in [0.15, 0.2) is 0 Å². The molecule has 2 aromatic heterocycles. The third-order valence-corrected chi connectivity index (χ3v) is 2.53. The van der Waals surface area contributed by atoms with Crippen LogP contribution in [0.4, 0.5) is 0 Å². The molecule has 0 saturated carbocycles. The molecule has 0 bridgehead atoms. The summed E-state index contributed by atoms with van der Waals surface area (Å²) in [4.78, 5) is 13.9. The number of likely N-dealkylation sites (N-methyl/N-ethyl adjacent to an activating group) is 1. The predicted octanol–water partition coefficient (Wildman–Crippen LogP) is 0.692. The summed E-state index contributed by atoms with van der Waals surface area (Å²) in [5, 5.41) is 4.11. The summed E-state index contributed by atoms with van der Waals surface area (Å²) < 4.78 is 1.65. The van der Waals surface area contributed by atoms with E-state index in [0.29, 0.717) is 5.56 Å². The average molecular weight is 248 g/mol. The Hall–Kier alpha value is -1.95. The fourth-order valence-electron chi connectivity index (χ4n) is 1.61. The zero-order valence-corrected chi connectivity index (χ0v) is 10.1. The van der Waals surface area contributed by atoms with Crippen LogP contribution in [0.15, 0.2) is 30.6 Å². The highest BCUT2D eigenvalue weighted by atomic mass is 32.1. The van der Waals surface area contributed by atoms with Gasteiger partial charge in [0.25, 0.3) is 5.91 Å². The Morgan fingerprint density at radius 1 is 1.59 bits per heavy atom. The summed E-state index contributed by atoms with van der Waals surface area (Å²) in [6.45, 7) is 0.262. The predicted molar refractivity (Wildman–Crippen MR) is 68.9 cm³/mol. The number of amides is 1. The number of hydrogen-bond donors (Lipinski definition) is 1. The van der Waals surface area contributed by atoms with Gasteiger partial charge in [0.05, 0.1) is 28.8 Å². The number of carbonyl (C=O) groups excluding carboxylic acids is 1. The van der Waals surface area contributed by atoms with Crippen LogP contribution in [0.1, 0.15) is 10.4 Å². The molecule has 5 nitrogen and oxygen atoms in total. The number of aromatic nitrogens is 2. The number of rotatable bonds is 3. The smallest absolute Gasteiger partial charge is 0.257 e.